The number of amides is 2. The molecule has 1 saturated heterocycles. The second kappa shape index (κ2) is 6.24. The smallest absolute Gasteiger partial charge is 0.225 e. The highest BCUT2D eigenvalue weighted by Crippen LogP contribution is 2.25. The second-order valence-corrected chi connectivity index (χ2v) is 6.39. The predicted molar refractivity (Wildman–Crippen MR) is 77.2 cm³/mol. The highest BCUT2D eigenvalue weighted by molar-refractivity contribution is 5.89. The average molecular weight is 293 g/mol. The van der Waals surface area contributed by atoms with Crippen LogP contribution in [0.2, 0.25) is 0 Å². The summed E-state index contributed by atoms with van der Waals surface area (Å²) < 4.78 is 1.73. The van der Waals surface area contributed by atoms with E-state index in [1.54, 1.807) is 22.0 Å². The highest BCUT2D eigenvalue weighted by atomic mass is 16.2. The fourth-order valence-electron chi connectivity index (χ4n) is 2.48. The third kappa shape index (κ3) is 4.03. The van der Waals surface area contributed by atoms with Crippen molar-refractivity contribution in [2.45, 2.75) is 45.7 Å². The predicted octanol–water partition coefficient (Wildman–Crippen LogP) is 0.431. The minimum atomic E-state index is -0.233. The van der Waals surface area contributed by atoms with E-state index < -0.39 is 0 Å². The highest BCUT2D eigenvalue weighted by Gasteiger charge is 2.39. The van der Waals surface area contributed by atoms with E-state index in [1.807, 2.05) is 20.8 Å². The molecule has 1 unspecified atom stereocenters. The lowest BCUT2D eigenvalue weighted by Gasteiger charge is -2.31. The van der Waals surface area contributed by atoms with Crippen LogP contribution in [-0.4, -0.2) is 50.3 Å². The van der Waals surface area contributed by atoms with Crippen LogP contribution < -0.4 is 5.32 Å². The molecule has 7 heteroatoms. The Kier molecular flexibility index (Phi) is 4.59. The maximum absolute atomic E-state index is 12.1. The van der Waals surface area contributed by atoms with Crippen molar-refractivity contribution in [3.8, 4) is 0 Å². The molecule has 2 amide bonds. The number of hydrogen-bond acceptors (Lipinski definition) is 4. The number of aromatic nitrogens is 3. The van der Waals surface area contributed by atoms with Gasteiger partial charge in [-0.25, -0.2) is 0 Å². The summed E-state index contributed by atoms with van der Waals surface area (Å²) in [5.74, 6) is -0.206. The Bertz CT molecular complexity index is 492. The molecule has 0 aromatic carbocycles. The summed E-state index contributed by atoms with van der Waals surface area (Å²) >= 11 is 0. The van der Waals surface area contributed by atoms with Crippen molar-refractivity contribution >= 4 is 11.8 Å². The number of hydrogen-bond donors (Lipinski definition) is 1. The molecule has 0 radical (unpaired) electrons. The Hall–Kier alpha value is -1.92. The summed E-state index contributed by atoms with van der Waals surface area (Å²) in [6.07, 6.45) is 4.52. The minimum absolute atomic E-state index is 0.0336. The third-order valence-corrected chi connectivity index (χ3v) is 3.64. The van der Waals surface area contributed by atoms with Crippen LogP contribution >= 0.6 is 0 Å². The zero-order chi connectivity index (χ0) is 15.5. The van der Waals surface area contributed by atoms with E-state index >= 15 is 0 Å². The van der Waals surface area contributed by atoms with Gasteiger partial charge in [0.1, 0.15) is 0 Å². The average Bonchev–Trinajstić information content (AvgIpc) is 3.02. The fraction of sp³-hybridized carbons (Fsp3) is 0.714. The van der Waals surface area contributed by atoms with Crippen LogP contribution in [0.25, 0.3) is 0 Å². The molecule has 2 heterocycles. The van der Waals surface area contributed by atoms with Gasteiger partial charge in [0.25, 0.3) is 0 Å². The maximum Gasteiger partial charge on any atom is 0.225 e. The molecule has 1 aliphatic heterocycles. The summed E-state index contributed by atoms with van der Waals surface area (Å²) in [6, 6.07) is 0. The molecule has 1 aromatic rings. The molecule has 7 nitrogen and oxygen atoms in total. The number of rotatable bonds is 5. The van der Waals surface area contributed by atoms with Gasteiger partial charge in [0.15, 0.2) is 0 Å². The second-order valence-electron chi connectivity index (χ2n) is 6.39. The topological polar surface area (TPSA) is 80.1 Å². The number of nitrogens with zero attached hydrogens (tertiary/aromatic N) is 4. The van der Waals surface area contributed by atoms with Gasteiger partial charge in [0.05, 0.1) is 12.1 Å². The Morgan fingerprint density at radius 2 is 2.24 bits per heavy atom. The van der Waals surface area contributed by atoms with Gasteiger partial charge in [-0.1, -0.05) is 5.21 Å². The first-order valence-electron chi connectivity index (χ1n) is 7.30. The van der Waals surface area contributed by atoms with Crippen LogP contribution in [-0.2, 0) is 16.1 Å². The standard InChI is InChI=1S/C14H23N5O2/c1-14(2,3)19-10-11(9-12(19)20)13(21)15-5-4-7-18-8-6-16-17-18/h6,8,11H,4-5,7,9-10H2,1-3H3,(H,15,21). The molecule has 1 aliphatic rings. The van der Waals surface area contributed by atoms with Crippen LogP contribution in [0, 0.1) is 5.92 Å². The van der Waals surface area contributed by atoms with E-state index in [0.29, 0.717) is 19.5 Å². The monoisotopic (exact) mass is 293 g/mol. The van der Waals surface area contributed by atoms with Gasteiger partial charge in [0, 0.05) is 37.8 Å². The van der Waals surface area contributed by atoms with E-state index in [0.717, 1.165) is 13.0 Å². The van der Waals surface area contributed by atoms with Crippen molar-refractivity contribution in [1.29, 1.82) is 0 Å². The number of likely N-dealkylation sites (tertiary alicyclic amines) is 1. The summed E-state index contributed by atoms with van der Waals surface area (Å²) in [7, 11) is 0. The van der Waals surface area contributed by atoms with E-state index in [2.05, 4.69) is 15.6 Å². The summed E-state index contributed by atoms with van der Waals surface area (Å²) in [4.78, 5) is 25.8. The molecule has 1 aromatic heterocycles. The maximum atomic E-state index is 12.1. The first kappa shape index (κ1) is 15.5. The largest absolute Gasteiger partial charge is 0.356 e. The van der Waals surface area contributed by atoms with Crippen LogP contribution in [0.3, 0.4) is 0 Å². The Morgan fingerprint density at radius 1 is 1.48 bits per heavy atom. The molecule has 0 bridgehead atoms. The van der Waals surface area contributed by atoms with Crippen molar-refractivity contribution < 1.29 is 9.59 Å². The van der Waals surface area contributed by atoms with Crippen molar-refractivity contribution in [3.63, 3.8) is 0 Å². The van der Waals surface area contributed by atoms with Gasteiger partial charge in [-0.15, -0.1) is 5.10 Å². The lowest BCUT2D eigenvalue weighted by molar-refractivity contribution is -0.132. The molecule has 116 valence electrons. The zero-order valence-electron chi connectivity index (χ0n) is 12.9. The Morgan fingerprint density at radius 3 is 2.81 bits per heavy atom. The Balaban J connectivity index is 1.73. The van der Waals surface area contributed by atoms with Crippen LogP contribution in [0.1, 0.15) is 33.6 Å². The van der Waals surface area contributed by atoms with Crippen molar-refractivity contribution in [1.82, 2.24) is 25.2 Å². The minimum Gasteiger partial charge on any atom is -0.356 e. The summed E-state index contributed by atoms with van der Waals surface area (Å²) in [5.41, 5.74) is -0.223. The van der Waals surface area contributed by atoms with Gasteiger partial charge < -0.3 is 10.2 Å². The van der Waals surface area contributed by atoms with Gasteiger partial charge in [0.2, 0.25) is 11.8 Å². The summed E-state index contributed by atoms with van der Waals surface area (Å²) in [6.45, 7) is 7.78. The van der Waals surface area contributed by atoms with Crippen molar-refractivity contribution in [3.05, 3.63) is 12.4 Å². The van der Waals surface area contributed by atoms with Gasteiger partial charge in [-0.2, -0.15) is 0 Å². The van der Waals surface area contributed by atoms with E-state index in [4.69, 9.17) is 0 Å². The molecule has 21 heavy (non-hydrogen) atoms. The summed E-state index contributed by atoms with van der Waals surface area (Å²) in [5, 5.41) is 10.5. The number of carbonyl (C=O) groups excluding carboxylic acids is 2. The number of nitrogens with one attached hydrogen (secondary N) is 1. The lowest BCUT2D eigenvalue weighted by Crippen LogP contribution is -2.43. The third-order valence-electron chi connectivity index (χ3n) is 3.64. The number of carbonyl (C=O) groups is 2. The fourth-order valence-corrected chi connectivity index (χ4v) is 2.48. The van der Waals surface area contributed by atoms with Crippen LogP contribution in [0.15, 0.2) is 12.4 Å². The van der Waals surface area contributed by atoms with E-state index in [1.165, 1.54) is 0 Å². The molecule has 2 rings (SSSR count). The van der Waals surface area contributed by atoms with Crippen molar-refractivity contribution in [2.24, 2.45) is 5.92 Å². The molecular weight excluding hydrogens is 270 g/mol. The van der Waals surface area contributed by atoms with Gasteiger partial charge in [-0.3, -0.25) is 14.3 Å². The van der Waals surface area contributed by atoms with Crippen LogP contribution in [0.4, 0.5) is 0 Å². The molecule has 1 atom stereocenters. The molecule has 1 fully saturated rings. The van der Waals surface area contributed by atoms with Crippen molar-refractivity contribution in [2.75, 3.05) is 13.1 Å². The van der Waals surface area contributed by atoms with E-state index in [9.17, 15) is 9.59 Å². The molecule has 0 aliphatic carbocycles. The zero-order valence-corrected chi connectivity index (χ0v) is 12.9. The van der Waals surface area contributed by atoms with Gasteiger partial charge in [-0.05, 0) is 27.2 Å². The number of aryl methyl sites for hydroxylation is 1. The lowest BCUT2D eigenvalue weighted by atomic mass is 10.1. The molecule has 0 saturated carbocycles. The molecular formula is C14H23N5O2. The molecule has 0 spiro atoms. The SMILES string of the molecule is CC(C)(C)N1CC(C(=O)NCCCn2ccnn2)CC1=O. The Labute approximate surface area is 124 Å². The molecule has 1 N–H and O–H groups in total. The first-order chi connectivity index (χ1) is 9.88. The van der Waals surface area contributed by atoms with Gasteiger partial charge >= 0.3 is 0 Å². The van der Waals surface area contributed by atoms with E-state index in [-0.39, 0.29) is 23.3 Å². The first-order valence-corrected chi connectivity index (χ1v) is 7.30. The van der Waals surface area contributed by atoms with Crippen LogP contribution in [0.5, 0.6) is 0 Å². The normalized spacial score (nSPS) is 19.1. The quantitative estimate of drug-likeness (QED) is 0.798.